The largest absolute Gasteiger partial charge is 0.493 e. The van der Waals surface area contributed by atoms with Crippen LogP contribution >= 0.6 is 11.6 Å². The van der Waals surface area contributed by atoms with E-state index in [1.807, 2.05) is 6.92 Å². The van der Waals surface area contributed by atoms with Crippen molar-refractivity contribution in [1.29, 1.82) is 0 Å². The van der Waals surface area contributed by atoms with Crippen molar-refractivity contribution in [2.45, 2.75) is 45.4 Å². The molecule has 39 heavy (non-hydrogen) atoms. The fourth-order valence-corrected chi connectivity index (χ4v) is 5.45. The molecule has 3 heterocycles. The Hall–Kier alpha value is -3.63. The SMILES string of the molecule is Cc1c(Cl)cc(NC(=O)OCc2ccc3c(c2)C(=O)N(C2CCC(=O)NC2=O)C3)cc1OCC1CCN(C)C1. The number of carbonyl (C=O) groups excluding carboxylic acids is 4. The summed E-state index contributed by atoms with van der Waals surface area (Å²) >= 11 is 6.39. The van der Waals surface area contributed by atoms with Crippen molar-refractivity contribution in [2.24, 2.45) is 5.92 Å². The van der Waals surface area contributed by atoms with E-state index in [1.54, 1.807) is 30.3 Å². The predicted molar refractivity (Wildman–Crippen MR) is 144 cm³/mol. The van der Waals surface area contributed by atoms with Gasteiger partial charge in [-0.15, -0.1) is 0 Å². The normalized spacial score (nSPS) is 21.1. The minimum absolute atomic E-state index is 0.0526. The van der Waals surface area contributed by atoms with Gasteiger partial charge in [-0.05, 0) is 56.6 Å². The van der Waals surface area contributed by atoms with Gasteiger partial charge in [0.25, 0.3) is 5.91 Å². The topological polar surface area (TPSA) is 117 Å². The third kappa shape index (κ3) is 6.02. The molecule has 206 valence electrons. The molecular formula is C28H31ClN4O6. The van der Waals surface area contributed by atoms with Crippen LogP contribution in [-0.4, -0.2) is 66.4 Å². The number of hydrogen-bond acceptors (Lipinski definition) is 7. The number of nitrogens with one attached hydrogen (secondary N) is 2. The molecule has 2 N–H and O–H groups in total. The van der Waals surface area contributed by atoms with Crippen LogP contribution in [0, 0.1) is 12.8 Å². The Balaban J connectivity index is 1.17. The molecule has 0 saturated carbocycles. The van der Waals surface area contributed by atoms with E-state index in [2.05, 4.69) is 22.6 Å². The van der Waals surface area contributed by atoms with E-state index in [0.29, 0.717) is 46.5 Å². The number of carbonyl (C=O) groups is 4. The lowest BCUT2D eigenvalue weighted by Gasteiger charge is -2.29. The van der Waals surface area contributed by atoms with E-state index in [-0.39, 0.29) is 31.4 Å². The molecule has 4 amide bonds. The maximum Gasteiger partial charge on any atom is 0.411 e. The molecule has 0 aromatic heterocycles. The molecule has 2 unspecified atom stereocenters. The maximum absolute atomic E-state index is 13.0. The van der Waals surface area contributed by atoms with Crippen LogP contribution < -0.4 is 15.4 Å². The summed E-state index contributed by atoms with van der Waals surface area (Å²) in [7, 11) is 2.09. The number of ether oxygens (including phenoxy) is 2. The van der Waals surface area contributed by atoms with Crippen molar-refractivity contribution >= 4 is 41.1 Å². The monoisotopic (exact) mass is 554 g/mol. The maximum atomic E-state index is 13.0. The lowest BCUT2D eigenvalue weighted by molar-refractivity contribution is -0.136. The number of fused-ring (bicyclic) bond motifs is 1. The summed E-state index contributed by atoms with van der Waals surface area (Å²) < 4.78 is 11.4. The molecule has 0 radical (unpaired) electrons. The zero-order chi connectivity index (χ0) is 27.7. The molecule has 0 spiro atoms. The van der Waals surface area contributed by atoms with E-state index in [1.165, 1.54) is 4.90 Å². The van der Waals surface area contributed by atoms with Gasteiger partial charge in [0.15, 0.2) is 0 Å². The average Bonchev–Trinajstić information content (AvgIpc) is 3.46. The molecule has 2 aromatic carbocycles. The Morgan fingerprint density at radius 1 is 1.18 bits per heavy atom. The highest BCUT2D eigenvalue weighted by atomic mass is 35.5. The highest BCUT2D eigenvalue weighted by molar-refractivity contribution is 6.31. The number of piperidine rings is 1. The molecule has 2 saturated heterocycles. The van der Waals surface area contributed by atoms with Gasteiger partial charge in [0.2, 0.25) is 11.8 Å². The number of hydrogen-bond donors (Lipinski definition) is 2. The first-order chi connectivity index (χ1) is 18.7. The Morgan fingerprint density at radius 2 is 2.00 bits per heavy atom. The van der Waals surface area contributed by atoms with E-state index in [4.69, 9.17) is 21.1 Å². The molecule has 3 aliphatic heterocycles. The molecule has 2 atom stereocenters. The second-order valence-electron chi connectivity index (χ2n) is 10.4. The number of likely N-dealkylation sites (tertiary alicyclic amines) is 1. The Kier molecular flexibility index (Phi) is 7.76. The molecule has 11 heteroatoms. The van der Waals surface area contributed by atoms with Crippen molar-refractivity contribution < 1.29 is 28.7 Å². The summed E-state index contributed by atoms with van der Waals surface area (Å²) in [5.74, 6) is 0.00224. The number of halogens is 1. The summed E-state index contributed by atoms with van der Waals surface area (Å²) in [6.45, 7) is 4.73. The van der Waals surface area contributed by atoms with Gasteiger partial charge in [-0.25, -0.2) is 4.79 Å². The number of rotatable bonds is 7. The number of nitrogens with zero attached hydrogens (tertiary/aromatic N) is 2. The van der Waals surface area contributed by atoms with Crippen molar-refractivity contribution in [2.75, 3.05) is 32.1 Å². The predicted octanol–water partition coefficient (Wildman–Crippen LogP) is 3.49. The van der Waals surface area contributed by atoms with Gasteiger partial charge in [0.1, 0.15) is 18.4 Å². The second kappa shape index (κ2) is 11.2. The molecule has 5 rings (SSSR count). The van der Waals surface area contributed by atoms with Gasteiger partial charge in [-0.3, -0.25) is 25.0 Å². The minimum Gasteiger partial charge on any atom is -0.493 e. The Bertz CT molecular complexity index is 1330. The molecule has 2 fully saturated rings. The van der Waals surface area contributed by atoms with Gasteiger partial charge < -0.3 is 19.3 Å². The van der Waals surface area contributed by atoms with E-state index in [0.717, 1.165) is 30.6 Å². The van der Waals surface area contributed by atoms with Gasteiger partial charge in [-0.2, -0.15) is 0 Å². The molecule has 10 nitrogen and oxygen atoms in total. The number of anilines is 1. The van der Waals surface area contributed by atoms with Crippen LogP contribution in [0.3, 0.4) is 0 Å². The fourth-order valence-electron chi connectivity index (χ4n) is 5.24. The van der Waals surface area contributed by atoms with Crippen molar-refractivity contribution in [1.82, 2.24) is 15.1 Å². The first-order valence-corrected chi connectivity index (χ1v) is 13.4. The lowest BCUT2D eigenvalue weighted by Crippen LogP contribution is -2.52. The van der Waals surface area contributed by atoms with Crippen LogP contribution in [0.25, 0.3) is 0 Å². The summed E-state index contributed by atoms with van der Waals surface area (Å²) in [6.07, 6.45) is 0.906. The summed E-state index contributed by atoms with van der Waals surface area (Å²) in [4.78, 5) is 53.0. The van der Waals surface area contributed by atoms with Crippen molar-refractivity contribution in [3.63, 3.8) is 0 Å². The standard InChI is InChI=1S/C28H31ClN4O6/c1-16-22(29)10-20(11-24(16)38-15-18-7-8-32(2)12-18)30-28(37)39-14-17-3-4-19-13-33(27(36)21(19)9-17)23-5-6-25(34)31-26(23)35/h3-4,9-11,18,23H,5-8,12-15H2,1-2H3,(H,30,37)(H,31,34,35). The van der Waals surface area contributed by atoms with Crippen LogP contribution in [0.2, 0.25) is 5.02 Å². The lowest BCUT2D eigenvalue weighted by atomic mass is 10.0. The third-order valence-corrected chi connectivity index (χ3v) is 7.86. The first kappa shape index (κ1) is 27.0. The van der Waals surface area contributed by atoms with Crippen LogP contribution in [0.15, 0.2) is 30.3 Å². The highest BCUT2D eigenvalue weighted by Crippen LogP contribution is 2.32. The molecule has 0 aliphatic carbocycles. The van der Waals surface area contributed by atoms with Crippen LogP contribution in [0.5, 0.6) is 5.75 Å². The van der Waals surface area contributed by atoms with Crippen LogP contribution in [-0.2, 0) is 27.5 Å². The zero-order valence-electron chi connectivity index (χ0n) is 21.9. The van der Waals surface area contributed by atoms with Gasteiger partial charge in [0.05, 0.1) is 6.61 Å². The fraction of sp³-hybridized carbons (Fsp3) is 0.429. The van der Waals surface area contributed by atoms with Crippen LogP contribution in [0.1, 0.15) is 46.3 Å². The number of imide groups is 1. The Morgan fingerprint density at radius 3 is 2.74 bits per heavy atom. The van der Waals surface area contributed by atoms with E-state index >= 15 is 0 Å². The van der Waals surface area contributed by atoms with Gasteiger partial charge in [0, 0.05) is 53.3 Å². The van der Waals surface area contributed by atoms with E-state index in [9.17, 15) is 19.2 Å². The third-order valence-electron chi connectivity index (χ3n) is 7.47. The minimum atomic E-state index is -0.678. The summed E-state index contributed by atoms with van der Waals surface area (Å²) in [5.41, 5.74) is 3.13. The van der Waals surface area contributed by atoms with Crippen molar-refractivity contribution in [3.8, 4) is 5.75 Å². The second-order valence-corrected chi connectivity index (χ2v) is 10.8. The smallest absolute Gasteiger partial charge is 0.411 e. The molecule has 0 bridgehead atoms. The molecule has 2 aromatic rings. The van der Waals surface area contributed by atoms with Crippen LogP contribution in [0.4, 0.5) is 10.5 Å². The summed E-state index contributed by atoms with van der Waals surface area (Å²) in [5, 5.41) is 5.46. The van der Waals surface area contributed by atoms with Gasteiger partial charge in [-0.1, -0.05) is 23.7 Å². The number of benzene rings is 2. The van der Waals surface area contributed by atoms with E-state index < -0.39 is 18.0 Å². The highest BCUT2D eigenvalue weighted by Gasteiger charge is 2.39. The zero-order valence-corrected chi connectivity index (χ0v) is 22.7. The quantitative estimate of drug-likeness (QED) is 0.503. The first-order valence-electron chi connectivity index (χ1n) is 13.0. The Labute approximate surface area is 231 Å². The van der Waals surface area contributed by atoms with Gasteiger partial charge >= 0.3 is 6.09 Å². The molecule has 3 aliphatic rings. The number of amides is 4. The molecular weight excluding hydrogens is 524 g/mol. The average molecular weight is 555 g/mol. The van der Waals surface area contributed by atoms with Crippen molar-refractivity contribution in [3.05, 3.63) is 57.6 Å². The summed E-state index contributed by atoms with van der Waals surface area (Å²) in [6, 6.07) is 7.95.